The van der Waals surface area contributed by atoms with Gasteiger partial charge in [-0.2, -0.15) is 5.26 Å². The van der Waals surface area contributed by atoms with Crippen LogP contribution in [0.4, 0.5) is 0 Å². The number of likely N-dealkylation sites (tertiary alicyclic amines) is 1. The van der Waals surface area contributed by atoms with E-state index in [9.17, 15) is 18.5 Å². The van der Waals surface area contributed by atoms with E-state index in [4.69, 9.17) is 0 Å². The van der Waals surface area contributed by atoms with Gasteiger partial charge < -0.3 is 10.2 Å². The molecule has 2 aliphatic rings. The smallest absolute Gasteiger partial charge is 0.246 e. The van der Waals surface area contributed by atoms with Gasteiger partial charge in [0.05, 0.1) is 18.5 Å². The molecule has 1 amide bonds. The van der Waals surface area contributed by atoms with E-state index < -0.39 is 21.6 Å². The Labute approximate surface area is 195 Å². The zero-order valence-electron chi connectivity index (χ0n) is 19.3. The van der Waals surface area contributed by atoms with Crippen LogP contribution in [0.1, 0.15) is 57.1 Å². The Morgan fingerprint density at radius 1 is 1.30 bits per heavy atom. The van der Waals surface area contributed by atoms with Gasteiger partial charge in [0.25, 0.3) is 0 Å². The minimum absolute atomic E-state index is 0.0176. The van der Waals surface area contributed by atoms with Crippen LogP contribution < -0.4 is 10.0 Å². The zero-order valence-corrected chi connectivity index (χ0v) is 20.1. The molecular formula is C22H33N7O3S. The molecular weight excluding hydrogens is 442 g/mol. The lowest BCUT2D eigenvalue weighted by Crippen LogP contribution is -2.56. The van der Waals surface area contributed by atoms with E-state index in [1.807, 2.05) is 7.05 Å². The fourth-order valence-electron chi connectivity index (χ4n) is 4.44. The molecule has 2 heterocycles. The highest BCUT2D eigenvalue weighted by Gasteiger charge is 2.37. The summed E-state index contributed by atoms with van der Waals surface area (Å²) in [6.45, 7) is 1.43. The molecule has 0 spiro atoms. The van der Waals surface area contributed by atoms with Crippen molar-refractivity contribution in [2.24, 2.45) is 10.9 Å². The number of rotatable bonds is 7. The van der Waals surface area contributed by atoms with Crippen LogP contribution in [0.5, 0.6) is 0 Å². The van der Waals surface area contributed by atoms with Crippen molar-refractivity contribution in [2.75, 3.05) is 26.4 Å². The summed E-state index contributed by atoms with van der Waals surface area (Å²) in [5.41, 5.74) is -0.709. The number of nitriles is 1. The molecule has 33 heavy (non-hydrogen) atoms. The number of nitrogens with zero attached hydrogens (tertiary/aromatic N) is 5. The van der Waals surface area contributed by atoms with Gasteiger partial charge in [-0.15, -0.1) is 0 Å². The van der Waals surface area contributed by atoms with Crippen molar-refractivity contribution in [2.45, 2.75) is 62.9 Å². The first-order valence-electron chi connectivity index (χ1n) is 11.4. The van der Waals surface area contributed by atoms with Gasteiger partial charge in [0.15, 0.2) is 5.84 Å². The number of piperidine rings is 1. The van der Waals surface area contributed by atoms with Crippen molar-refractivity contribution in [3.63, 3.8) is 0 Å². The molecule has 1 aromatic heterocycles. The molecule has 0 bridgehead atoms. The second-order valence-corrected chi connectivity index (χ2v) is 10.9. The molecule has 0 aromatic carbocycles. The van der Waals surface area contributed by atoms with Crippen molar-refractivity contribution in [3.8, 4) is 6.07 Å². The molecule has 1 atom stereocenters. The van der Waals surface area contributed by atoms with Gasteiger partial charge in [-0.1, -0.05) is 32.1 Å². The minimum atomic E-state index is -3.66. The summed E-state index contributed by atoms with van der Waals surface area (Å²) in [4.78, 5) is 28.3. The monoisotopic (exact) mass is 475 g/mol. The fourth-order valence-corrected chi connectivity index (χ4v) is 4.95. The second kappa shape index (κ2) is 11.0. The number of sulfonamides is 1. The Balaban J connectivity index is 1.91. The Bertz CT molecular complexity index is 977. The van der Waals surface area contributed by atoms with Gasteiger partial charge in [0.1, 0.15) is 17.3 Å². The number of carbonyl (C=O) groups is 1. The highest BCUT2D eigenvalue weighted by atomic mass is 32.2. The molecule has 11 heteroatoms. The molecule has 1 aliphatic heterocycles. The summed E-state index contributed by atoms with van der Waals surface area (Å²) < 4.78 is 26.4. The third kappa shape index (κ3) is 7.47. The summed E-state index contributed by atoms with van der Waals surface area (Å²) in [6.07, 6.45) is 12.3. The van der Waals surface area contributed by atoms with Crippen LogP contribution in [0.3, 0.4) is 0 Å². The standard InChI is InChI=1S/C22H33N7O3S/c1-29-12-8-22(16-23,9-13-29)27-21(30)18(14-17-6-4-3-5-7-17)26-20(28-33(2,31)32)19-15-24-10-11-25-19/h10-11,15,17-18H,3-9,12-14H2,1-2H3,(H,26,28)(H,27,30). The third-order valence-electron chi connectivity index (χ3n) is 6.37. The lowest BCUT2D eigenvalue weighted by molar-refractivity contribution is -0.124. The lowest BCUT2D eigenvalue weighted by atomic mass is 9.84. The molecule has 1 saturated carbocycles. The van der Waals surface area contributed by atoms with E-state index in [2.05, 4.69) is 36.0 Å². The normalized spacial score (nSPS) is 21.1. The second-order valence-electron chi connectivity index (χ2n) is 9.18. The first kappa shape index (κ1) is 25.1. The van der Waals surface area contributed by atoms with Crippen LogP contribution >= 0.6 is 0 Å². The maximum Gasteiger partial charge on any atom is 0.246 e. The Kier molecular flexibility index (Phi) is 8.37. The third-order valence-corrected chi connectivity index (χ3v) is 6.94. The number of nitrogens with one attached hydrogen (secondary N) is 2. The summed E-state index contributed by atoms with van der Waals surface area (Å²) >= 11 is 0. The summed E-state index contributed by atoms with van der Waals surface area (Å²) in [5.74, 6) is -0.0607. The van der Waals surface area contributed by atoms with Gasteiger partial charge >= 0.3 is 0 Å². The summed E-state index contributed by atoms with van der Waals surface area (Å²) in [7, 11) is -1.67. The van der Waals surface area contributed by atoms with E-state index in [0.717, 1.165) is 31.9 Å². The highest BCUT2D eigenvalue weighted by Crippen LogP contribution is 2.29. The molecule has 2 N–H and O–H groups in total. The molecule has 0 radical (unpaired) electrons. The minimum Gasteiger partial charge on any atom is -0.336 e. The van der Waals surface area contributed by atoms with Crippen molar-refractivity contribution in [3.05, 3.63) is 24.3 Å². The average molecular weight is 476 g/mol. The van der Waals surface area contributed by atoms with Gasteiger partial charge in [0, 0.05) is 25.5 Å². The van der Waals surface area contributed by atoms with E-state index in [1.165, 1.54) is 25.0 Å². The number of aliphatic imine (C=N–C) groups is 1. The predicted molar refractivity (Wildman–Crippen MR) is 125 cm³/mol. The Hall–Kier alpha value is -2.58. The van der Waals surface area contributed by atoms with E-state index >= 15 is 0 Å². The summed E-state index contributed by atoms with van der Waals surface area (Å²) in [5, 5.41) is 12.8. The quantitative estimate of drug-likeness (QED) is 0.446. The summed E-state index contributed by atoms with van der Waals surface area (Å²) in [6, 6.07) is 1.47. The Morgan fingerprint density at radius 3 is 2.58 bits per heavy atom. The number of amidine groups is 1. The van der Waals surface area contributed by atoms with E-state index in [0.29, 0.717) is 38.3 Å². The van der Waals surface area contributed by atoms with Crippen molar-refractivity contribution in [1.82, 2.24) is 24.9 Å². The van der Waals surface area contributed by atoms with Crippen LogP contribution in [0.25, 0.3) is 0 Å². The van der Waals surface area contributed by atoms with Crippen molar-refractivity contribution in [1.29, 1.82) is 5.26 Å². The average Bonchev–Trinajstić information content (AvgIpc) is 2.80. The van der Waals surface area contributed by atoms with Gasteiger partial charge in [-0.25, -0.2) is 13.4 Å². The Morgan fingerprint density at radius 2 is 2.00 bits per heavy atom. The van der Waals surface area contributed by atoms with Crippen LogP contribution in [-0.2, 0) is 14.8 Å². The molecule has 1 aromatic rings. The van der Waals surface area contributed by atoms with Crippen molar-refractivity contribution >= 4 is 21.8 Å². The number of hydrogen-bond donors (Lipinski definition) is 2. The number of amides is 1. The fraction of sp³-hybridized carbons (Fsp3) is 0.682. The molecule has 10 nitrogen and oxygen atoms in total. The number of aromatic nitrogens is 2. The SMILES string of the molecule is CN1CCC(C#N)(NC(=O)C(CC2CCCCC2)N=C(NS(C)(=O)=O)c2cnccn2)CC1. The van der Waals surface area contributed by atoms with Gasteiger partial charge in [-0.3, -0.25) is 19.5 Å². The van der Waals surface area contributed by atoms with E-state index in [-0.39, 0.29) is 17.4 Å². The van der Waals surface area contributed by atoms with Crippen molar-refractivity contribution < 1.29 is 13.2 Å². The van der Waals surface area contributed by atoms with Gasteiger partial charge in [0.2, 0.25) is 15.9 Å². The number of carbonyl (C=O) groups excluding carboxylic acids is 1. The topological polar surface area (TPSA) is 140 Å². The molecule has 180 valence electrons. The zero-order chi connectivity index (χ0) is 23.9. The molecule has 1 saturated heterocycles. The number of hydrogen-bond acceptors (Lipinski definition) is 8. The van der Waals surface area contributed by atoms with Crippen LogP contribution in [-0.4, -0.2) is 73.0 Å². The molecule has 1 aliphatic carbocycles. The van der Waals surface area contributed by atoms with Crippen LogP contribution in [0, 0.1) is 17.2 Å². The van der Waals surface area contributed by atoms with E-state index in [1.54, 1.807) is 0 Å². The molecule has 1 unspecified atom stereocenters. The first-order chi connectivity index (χ1) is 15.7. The van der Waals surface area contributed by atoms with Crippen LogP contribution in [0.2, 0.25) is 0 Å². The maximum atomic E-state index is 13.5. The largest absolute Gasteiger partial charge is 0.336 e. The maximum absolute atomic E-state index is 13.5. The first-order valence-corrected chi connectivity index (χ1v) is 13.3. The predicted octanol–water partition coefficient (Wildman–Crippen LogP) is 1.22. The highest BCUT2D eigenvalue weighted by molar-refractivity contribution is 7.89. The molecule has 3 rings (SSSR count). The van der Waals surface area contributed by atoms with Gasteiger partial charge in [-0.05, 0) is 32.2 Å². The molecule has 2 fully saturated rings. The lowest BCUT2D eigenvalue weighted by Gasteiger charge is -2.37. The van der Waals surface area contributed by atoms with Crippen LogP contribution in [0.15, 0.2) is 23.6 Å².